The molecule has 0 radical (unpaired) electrons. The first-order valence-corrected chi connectivity index (χ1v) is 2.73. The molecule has 0 fully saturated rings. The van der Waals surface area contributed by atoms with Crippen LogP contribution in [0.3, 0.4) is 0 Å². The third-order valence-corrected chi connectivity index (χ3v) is 1.02. The summed E-state index contributed by atoms with van der Waals surface area (Å²) in [6.45, 7) is 0. The zero-order valence-electron chi connectivity index (χ0n) is 5.53. The van der Waals surface area contributed by atoms with Crippen LogP contribution in [0.15, 0.2) is 12.1 Å². The Morgan fingerprint density at radius 2 is 2.30 bits per heavy atom. The van der Waals surface area contributed by atoms with E-state index in [0.717, 1.165) is 0 Å². The quantitative estimate of drug-likeness (QED) is 0.591. The normalized spacial score (nSPS) is 9.30. The Bertz CT molecular complexity index is 217. The highest BCUT2D eigenvalue weighted by molar-refractivity contribution is 5.39. The predicted octanol–water partition coefficient (Wildman–Crippen LogP) is 0.378. The Labute approximate surface area is 58.3 Å². The Morgan fingerprint density at radius 3 is 2.80 bits per heavy atom. The zero-order chi connectivity index (χ0) is 7.56. The van der Waals surface area contributed by atoms with E-state index in [-0.39, 0.29) is 11.6 Å². The van der Waals surface area contributed by atoms with Crippen LogP contribution in [0, 0.1) is 0 Å². The topological polar surface area (TPSA) is 68.4 Å². The monoisotopic (exact) mass is 140 g/mol. The summed E-state index contributed by atoms with van der Waals surface area (Å²) in [5.41, 5.74) is 5.28. The fourth-order valence-corrected chi connectivity index (χ4v) is 0.616. The van der Waals surface area contributed by atoms with Crippen LogP contribution in [0.1, 0.15) is 0 Å². The highest BCUT2D eigenvalue weighted by Gasteiger charge is 1.96. The van der Waals surface area contributed by atoms with E-state index in [1.807, 2.05) is 0 Å². The molecular formula is C6H8N2O2. The summed E-state index contributed by atoms with van der Waals surface area (Å²) in [7, 11) is 1.46. The molecule has 54 valence electrons. The SMILES string of the molecule is COc1cc(O)cc(N)n1. The maximum absolute atomic E-state index is 8.93. The molecule has 0 saturated heterocycles. The third kappa shape index (κ3) is 1.28. The Hall–Kier alpha value is -1.45. The third-order valence-electron chi connectivity index (χ3n) is 1.02. The molecule has 1 aromatic heterocycles. The summed E-state index contributed by atoms with van der Waals surface area (Å²) in [5, 5.41) is 8.93. The first-order chi connectivity index (χ1) is 4.72. The van der Waals surface area contributed by atoms with E-state index >= 15 is 0 Å². The molecule has 4 heteroatoms. The second kappa shape index (κ2) is 2.43. The van der Waals surface area contributed by atoms with Crippen molar-refractivity contribution >= 4 is 5.82 Å². The molecule has 4 nitrogen and oxygen atoms in total. The number of methoxy groups -OCH3 is 1. The summed E-state index contributed by atoms with van der Waals surface area (Å²) in [6.07, 6.45) is 0. The molecule has 0 aliphatic heterocycles. The minimum absolute atomic E-state index is 0.0596. The summed E-state index contributed by atoms with van der Waals surface area (Å²) in [6, 6.07) is 2.74. The summed E-state index contributed by atoms with van der Waals surface area (Å²) in [5.74, 6) is 0.624. The van der Waals surface area contributed by atoms with Gasteiger partial charge < -0.3 is 15.6 Å². The van der Waals surface area contributed by atoms with E-state index in [1.54, 1.807) is 0 Å². The van der Waals surface area contributed by atoms with Gasteiger partial charge in [-0.15, -0.1) is 0 Å². The number of hydrogen-bond acceptors (Lipinski definition) is 4. The van der Waals surface area contributed by atoms with Crippen molar-refractivity contribution in [2.75, 3.05) is 12.8 Å². The number of hydrogen-bond donors (Lipinski definition) is 2. The van der Waals surface area contributed by atoms with Gasteiger partial charge in [0.15, 0.2) is 0 Å². The highest BCUT2D eigenvalue weighted by atomic mass is 16.5. The van der Waals surface area contributed by atoms with Crippen LogP contribution >= 0.6 is 0 Å². The van der Waals surface area contributed by atoms with Crippen molar-refractivity contribution in [2.45, 2.75) is 0 Å². The maximum atomic E-state index is 8.93. The Kier molecular flexibility index (Phi) is 1.62. The molecule has 0 atom stereocenters. The van der Waals surface area contributed by atoms with E-state index in [2.05, 4.69) is 4.98 Å². The van der Waals surface area contributed by atoms with E-state index in [9.17, 15) is 0 Å². The molecule has 0 aliphatic carbocycles. The molecule has 0 spiro atoms. The Morgan fingerprint density at radius 1 is 1.60 bits per heavy atom. The van der Waals surface area contributed by atoms with Gasteiger partial charge in [-0.05, 0) is 0 Å². The average Bonchev–Trinajstić information content (AvgIpc) is 1.85. The lowest BCUT2D eigenvalue weighted by atomic mass is 10.4. The second-order valence-electron chi connectivity index (χ2n) is 1.79. The van der Waals surface area contributed by atoms with Crippen molar-refractivity contribution in [2.24, 2.45) is 0 Å². The van der Waals surface area contributed by atoms with Gasteiger partial charge in [-0.3, -0.25) is 0 Å². The molecule has 0 aliphatic rings. The number of rotatable bonds is 1. The lowest BCUT2D eigenvalue weighted by Crippen LogP contribution is -1.92. The number of nitrogens with two attached hydrogens (primary N) is 1. The van der Waals surface area contributed by atoms with Crippen LogP contribution in [0.2, 0.25) is 0 Å². The van der Waals surface area contributed by atoms with Gasteiger partial charge in [-0.1, -0.05) is 0 Å². The predicted molar refractivity (Wildman–Crippen MR) is 36.9 cm³/mol. The van der Waals surface area contributed by atoms with Gasteiger partial charge >= 0.3 is 0 Å². The number of anilines is 1. The summed E-state index contributed by atoms with van der Waals surface area (Å²) in [4.78, 5) is 3.75. The van der Waals surface area contributed by atoms with Crippen molar-refractivity contribution in [3.63, 3.8) is 0 Å². The van der Waals surface area contributed by atoms with Gasteiger partial charge in [0.05, 0.1) is 7.11 Å². The smallest absolute Gasteiger partial charge is 0.218 e. The van der Waals surface area contributed by atoms with E-state index < -0.39 is 0 Å². The Balaban J connectivity index is 3.06. The van der Waals surface area contributed by atoms with Crippen molar-refractivity contribution in [1.82, 2.24) is 4.98 Å². The number of aromatic hydroxyl groups is 1. The van der Waals surface area contributed by atoms with E-state index in [0.29, 0.717) is 5.88 Å². The standard InChI is InChI=1S/C6H8N2O2/c1-10-6-3-4(9)2-5(7)8-6/h2-3H,1H3,(H3,7,8,9). The average molecular weight is 140 g/mol. The highest BCUT2D eigenvalue weighted by Crippen LogP contribution is 2.17. The van der Waals surface area contributed by atoms with E-state index in [4.69, 9.17) is 15.6 Å². The van der Waals surface area contributed by atoms with Crippen LogP contribution < -0.4 is 10.5 Å². The fraction of sp³-hybridized carbons (Fsp3) is 0.167. The van der Waals surface area contributed by atoms with Crippen LogP contribution in [-0.4, -0.2) is 17.2 Å². The molecule has 0 unspecified atom stereocenters. The molecule has 0 bridgehead atoms. The fourth-order valence-electron chi connectivity index (χ4n) is 0.616. The summed E-state index contributed by atoms with van der Waals surface area (Å²) < 4.78 is 4.72. The van der Waals surface area contributed by atoms with Crippen LogP contribution in [0.25, 0.3) is 0 Å². The van der Waals surface area contributed by atoms with Crippen LogP contribution in [0.4, 0.5) is 5.82 Å². The van der Waals surface area contributed by atoms with Crippen LogP contribution in [-0.2, 0) is 0 Å². The molecule has 10 heavy (non-hydrogen) atoms. The number of ether oxygens (including phenoxy) is 1. The molecular weight excluding hydrogens is 132 g/mol. The number of pyridine rings is 1. The van der Waals surface area contributed by atoms with Crippen molar-refractivity contribution in [3.8, 4) is 11.6 Å². The second-order valence-corrected chi connectivity index (χ2v) is 1.79. The van der Waals surface area contributed by atoms with Gasteiger partial charge in [0.2, 0.25) is 5.88 Å². The number of nitrogens with zero attached hydrogens (tertiary/aromatic N) is 1. The van der Waals surface area contributed by atoms with Crippen molar-refractivity contribution in [3.05, 3.63) is 12.1 Å². The minimum atomic E-state index is 0.0596. The lowest BCUT2D eigenvalue weighted by molar-refractivity contribution is 0.392. The largest absolute Gasteiger partial charge is 0.508 e. The number of nitrogen functional groups attached to an aromatic ring is 1. The summed E-state index contributed by atoms with van der Waals surface area (Å²) >= 11 is 0. The number of aromatic nitrogens is 1. The molecule has 0 aromatic carbocycles. The van der Waals surface area contributed by atoms with Gasteiger partial charge in [0.25, 0.3) is 0 Å². The van der Waals surface area contributed by atoms with E-state index in [1.165, 1.54) is 19.2 Å². The minimum Gasteiger partial charge on any atom is -0.508 e. The van der Waals surface area contributed by atoms with Gasteiger partial charge in [0, 0.05) is 12.1 Å². The first kappa shape index (κ1) is 6.67. The molecule has 3 N–H and O–H groups in total. The van der Waals surface area contributed by atoms with Crippen LogP contribution in [0.5, 0.6) is 11.6 Å². The molecule has 1 aromatic rings. The van der Waals surface area contributed by atoms with Gasteiger partial charge in [0.1, 0.15) is 11.6 Å². The molecule has 1 rings (SSSR count). The first-order valence-electron chi connectivity index (χ1n) is 2.73. The van der Waals surface area contributed by atoms with Gasteiger partial charge in [-0.25, -0.2) is 0 Å². The zero-order valence-corrected chi connectivity index (χ0v) is 5.53. The van der Waals surface area contributed by atoms with Crippen molar-refractivity contribution < 1.29 is 9.84 Å². The lowest BCUT2D eigenvalue weighted by Gasteiger charge is -1.99. The maximum Gasteiger partial charge on any atom is 0.218 e. The van der Waals surface area contributed by atoms with Crippen molar-refractivity contribution in [1.29, 1.82) is 0 Å². The van der Waals surface area contributed by atoms with Gasteiger partial charge in [-0.2, -0.15) is 4.98 Å². The molecule has 0 saturated carbocycles. The molecule has 1 heterocycles. The molecule has 0 amide bonds.